The first kappa shape index (κ1) is 21.6. The lowest BCUT2D eigenvalue weighted by atomic mass is 9.84. The number of benzene rings is 2. The number of fused-ring (bicyclic) bond motifs is 1. The minimum atomic E-state index is -0.200. The standard InChI is InChI=1S/C24H25N3O2S2/c1-15-9-11-17(12-10-15)24(3,4)14-25-22(28)21-19(13-30-23-27-26-16(2)31-23)18-7-5-6-8-20(18)29-21/h5-12H,13-14H2,1-4H3,(H,25,28). The van der Waals surface area contributed by atoms with Gasteiger partial charge in [0.05, 0.1) is 0 Å². The third kappa shape index (κ3) is 4.83. The summed E-state index contributed by atoms with van der Waals surface area (Å²) in [7, 11) is 0. The lowest BCUT2D eigenvalue weighted by Gasteiger charge is -2.25. The quantitative estimate of drug-likeness (QED) is 0.354. The molecule has 0 saturated carbocycles. The SMILES string of the molecule is Cc1ccc(C(C)(C)CNC(=O)c2oc3ccccc3c2CSc2nnc(C)s2)cc1. The monoisotopic (exact) mass is 451 g/mol. The maximum atomic E-state index is 13.1. The fraction of sp³-hybridized carbons (Fsp3) is 0.292. The molecule has 0 bridgehead atoms. The second kappa shape index (κ2) is 8.85. The van der Waals surface area contributed by atoms with Crippen molar-refractivity contribution in [2.75, 3.05) is 6.54 Å². The highest BCUT2D eigenvalue weighted by molar-refractivity contribution is 8.00. The second-order valence-electron chi connectivity index (χ2n) is 8.21. The number of aryl methyl sites for hydroxylation is 2. The Morgan fingerprint density at radius 2 is 1.84 bits per heavy atom. The van der Waals surface area contributed by atoms with E-state index in [9.17, 15) is 4.79 Å². The van der Waals surface area contributed by atoms with Gasteiger partial charge in [0.2, 0.25) is 0 Å². The lowest BCUT2D eigenvalue weighted by Crippen LogP contribution is -2.36. The molecule has 0 fully saturated rings. The smallest absolute Gasteiger partial charge is 0.287 e. The van der Waals surface area contributed by atoms with Gasteiger partial charge in [0.25, 0.3) is 5.91 Å². The molecular weight excluding hydrogens is 426 g/mol. The van der Waals surface area contributed by atoms with Gasteiger partial charge in [0, 0.05) is 28.7 Å². The molecule has 2 aromatic carbocycles. The molecule has 0 aliphatic carbocycles. The van der Waals surface area contributed by atoms with Gasteiger partial charge in [-0.15, -0.1) is 10.2 Å². The zero-order valence-corrected chi connectivity index (χ0v) is 19.7. The topological polar surface area (TPSA) is 68.0 Å². The van der Waals surface area contributed by atoms with Gasteiger partial charge < -0.3 is 9.73 Å². The number of amides is 1. The van der Waals surface area contributed by atoms with Crippen molar-refractivity contribution in [1.82, 2.24) is 15.5 Å². The van der Waals surface area contributed by atoms with E-state index in [0.717, 1.165) is 25.9 Å². The first-order chi connectivity index (χ1) is 14.8. The van der Waals surface area contributed by atoms with E-state index in [2.05, 4.69) is 60.6 Å². The van der Waals surface area contributed by atoms with Crippen LogP contribution in [0.5, 0.6) is 0 Å². The molecule has 5 nitrogen and oxygen atoms in total. The highest BCUT2D eigenvalue weighted by atomic mass is 32.2. The summed E-state index contributed by atoms with van der Waals surface area (Å²) in [6.45, 7) is 8.77. The third-order valence-corrected chi connectivity index (χ3v) is 7.27. The average Bonchev–Trinajstić information content (AvgIpc) is 3.34. The van der Waals surface area contributed by atoms with Crippen LogP contribution in [-0.4, -0.2) is 22.6 Å². The Labute approximate surface area is 190 Å². The molecule has 4 rings (SSSR count). The van der Waals surface area contributed by atoms with Gasteiger partial charge in [0.1, 0.15) is 10.6 Å². The fourth-order valence-corrected chi connectivity index (χ4v) is 5.23. The predicted molar refractivity (Wildman–Crippen MR) is 127 cm³/mol. The Bertz CT molecular complexity index is 1210. The molecule has 2 heterocycles. The van der Waals surface area contributed by atoms with Crippen molar-refractivity contribution in [2.24, 2.45) is 0 Å². The molecule has 31 heavy (non-hydrogen) atoms. The van der Waals surface area contributed by atoms with E-state index in [1.165, 1.54) is 11.1 Å². The summed E-state index contributed by atoms with van der Waals surface area (Å²) in [5.74, 6) is 0.769. The number of aromatic nitrogens is 2. The van der Waals surface area contributed by atoms with E-state index < -0.39 is 0 Å². The summed E-state index contributed by atoms with van der Waals surface area (Å²) in [5.41, 5.74) is 3.81. The number of carbonyl (C=O) groups is 1. The maximum absolute atomic E-state index is 13.1. The van der Waals surface area contributed by atoms with Gasteiger partial charge in [-0.3, -0.25) is 4.79 Å². The zero-order chi connectivity index (χ0) is 22.0. The Morgan fingerprint density at radius 1 is 1.10 bits per heavy atom. The van der Waals surface area contributed by atoms with Crippen LogP contribution < -0.4 is 5.32 Å². The van der Waals surface area contributed by atoms with Gasteiger partial charge in [-0.25, -0.2) is 0 Å². The number of carbonyl (C=O) groups excluding carboxylic acids is 1. The molecule has 160 valence electrons. The van der Waals surface area contributed by atoms with Crippen molar-refractivity contribution in [3.05, 3.63) is 76.0 Å². The first-order valence-electron chi connectivity index (χ1n) is 10.1. The van der Waals surface area contributed by atoms with Crippen LogP contribution in [-0.2, 0) is 11.2 Å². The van der Waals surface area contributed by atoms with Crippen LogP contribution in [0.25, 0.3) is 11.0 Å². The second-order valence-corrected chi connectivity index (χ2v) is 10.6. The van der Waals surface area contributed by atoms with E-state index in [0.29, 0.717) is 18.1 Å². The lowest BCUT2D eigenvalue weighted by molar-refractivity contribution is 0.0919. The highest BCUT2D eigenvalue weighted by Gasteiger charge is 2.25. The molecule has 0 radical (unpaired) electrons. The number of furan rings is 1. The van der Waals surface area contributed by atoms with Crippen LogP contribution in [0.1, 0.15) is 46.1 Å². The molecule has 0 atom stereocenters. The van der Waals surface area contributed by atoms with Crippen LogP contribution in [0.2, 0.25) is 0 Å². The van der Waals surface area contributed by atoms with E-state index in [1.807, 2.05) is 31.2 Å². The number of rotatable bonds is 7. The molecule has 1 amide bonds. The minimum Gasteiger partial charge on any atom is -0.451 e. The number of hydrogen-bond donors (Lipinski definition) is 1. The normalized spacial score (nSPS) is 11.7. The summed E-state index contributed by atoms with van der Waals surface area (Å²) >= 11 is 3.12. The van der Waals surface area contributed by atoms with Crippen LogP contribution in [0, 0.1) is 13.8 Å². The average molecular weight is 452 g/mol. The Balaban J connectivity index is 1.54. The van der Waals surface area contributed by atoms with E-state index in [-0.39, 0.29) is 11.3 Å². The number of nitrogens with one attached hydrogen (secondary N) is 1. The number of thioether (sulfide) groups is 1. The van der Waals surface area contributed by atoms with Crippen LogP contribution in [0.4, 0.5) is 0 Å². The molecule has 0 unspecified atom stereocenters. The molecular formula is C24H25N3O2S2. The van der Waals surface area contributed by atoms with Crippen LogP contribution in [0.15, 0.2) is 57.3 Å². The molecule has 0 aliphatic rings. The summed E-state index contributed by atoms with van der Waals surface area (Å²) in [4.78, 5) is 13.1. The Kier molecular flexibility index (Phi) is 6.16. The molecule has 7 heteroatoms. The van der Waals surface area contributed by atoms with Crippen molar-refractivity contribution in [3.8, 4) is 0 Å². The molecule has 4 aromatic rings. The summed E-state index contributed by atoms with van der Waals surface area (Å²) < 4.78 is 6.87. The maximum Gasteiger partial charge on any atom is 0.287 e. The van der Waals surface area contributed by atoms with Gasteiger partial charge in [-0.05, 0) is 25.5 Å². The molecule has 1 N–H and O–H groups in total. The van der Waals surface area contributed by atoms with Crippen LogP contribution in [0.3, 0.4) is 0 Å². The van der Waals surface area contributed by atoms with E-state index in [1.54, 1.807) is 23.1 Å². The minimum absolute atomic E-state index is 0.194. The van der Waals surface area contributed by atoms with Crippen LogP contribution >= 0.6 is 23.1 Å². The molecule has 2 aromatic heterocycles. The van der Waals surface area contributed by atoms with Gasteiger partial charge in [-0.1, -0.05) is 85.0 Å². The Morgan fingerprint density at radius 3 is 2.55 bits per heavy atom. The van der Waals surface area contributed by atoms with Crippen molar-refractivity contribution in [3.63, 3.8) is 0 Å². The summed E-state index contributed by atoms with van der Waals surface area (Å²) in [6.07, 6.45) is 0. The summed E-state index contributed by atoms with van der Waals surface area (Å²) in [6, 6.07) is 16.2. The first-order valence-corrected chi connectivity index (χ1v) is 11.9. The van der Waals surface area contributed by atoms with Gasteiger partial charge in [0.15, 0.2) is 10.1 Å². The van der Waals surface area contributed by atoms with Crippen molar-refractivity contribution in [1.29, 1.82) is 0 Å². The zero-order valence-electron chi connectivity index (χ0n) is 18.1. The number of hydrogen-bond acceptors (Lipinski definition) is 6. The Hall–Kier alpha value is -2.64. The van der Waals surface area contributed by atoms with Crippen molar-refractivity contribution < 1.29 is 9.21 Å². The number of para-hydroxylation sites is 1. The molecule has 0 aliphatic heterocycles. The summed E-state index contributed by atoms with van der Waals surface area (Å²) in [5, 5.41) is 13.2. The fourth-order valence-electron chi connectivity index (χ4n) is 3.38. The number of nitrogens with zero attached hydrogens (tertiary/aromatic N) is 2. The molecule has 0 saturated heterocycles. The van der Waals surface area contributed by atoms with Gasteiger partial charge in [-0.2, -0.15) is 0 Å². The van der Waals surface area contributed by atoms with Crippen molar-refractivity contribution in [2.45, 2.75) is 43.2 Å². The third-order valence-electron chi connectivity index (χ3n) is 5.28. The largest absolute Gasteiger partial charge is 0.451 e. The molecule has 0 spiro atoms. The highest BCUT2D eigenvalue weighted by Crippen LogP contribution is 2.33. The predicted octanol–water partition coefficient (Wildman–Crippen LogP) is 5.90. The van der Waals surface area contributed by atoms with Crippen molar-refractivity contribution >= 4 is 40.0 Å². The van der Waals surface area contributed by atoms with Gasteiger partial charge >= 0.3 is 0 Å². The van der Waals surface area contributed by atoms with E-state index in [4.69, 9.17) is 4.42 Å². The van der Waals surface area contributed by atoms with E-state index >= 15 is 0 Å².